The fourth-order valence-electron chi connectivity index (χ4n) is 0.434. The Hall–Kier alpha value is -0.770. The molecular formula is C6H13N2O2. The molecule has 0 heterocycles. The van der Waals surface area contributed by atoms with E-state index >= 15 is 0 Å². The maximum atomic E-state index is 10.6. The van der Waals surface area contributed by atoms with Crippen LogP contribution in [0.2, 0.25) is 0 Å². The summed E-state index contributed by atoms with van der Waals surface area (Å²) < 4.78 is 0. The lowest BCUT2D eigenvalue weighted by Gasteiger charge is -2.03. The summed E-state index contributed by atoms with van der Waals surface area (Å²) >= 11 is 0. The Labute approximate surface area is 60.6 Å². The summed E-state index contributed by atoms with van der Waals surface area (Å²) in [4.78, 5) is 10.6. The first-order valence-corrected chi connectivity index (χ1v) is 3.23. The number of nitrogens with one attached hydrogen (secondary N) is 2. The summed E-state index contributed by atoms with van der Waals surface area (Å²) in [7, 11) is 0. The number of carbonyl (C=O) groups excluding carboxylic acids is 1. The van der Waals surface area contributed by atoms with E-state index in [1.807, 2.05) is 0 Å². The zero-order valence-corrected chi connectivity index (χ0v) is 5.89. The summed E-state index contributed by atoms with van der Waals surface area (Å²) in [5.41, 5.74) is 0. The molecule has 4 heteroatoms. The van der Waals surface area contributed by atoms with Crippen molar-refractivity contribution in [2.45, 2.75) is 6.42 Å². The van der Waals surface area contributed by atoms with Crippen molar-refractivity contribution in [2.24, 2.45) is 0 Å². The fourth-order valence-corrected chi connectivity index (χ4v) is 0.434. The summed E-state index contributed by atoms with van der Waals surface area (Å²) in [6.45, 7) is 4.38. The van der Waals surface area contributed by atoms with Crippen LogP contribution in [0.1, 0.15) is 6.42 Å². The Bertz CT molecular complexity index is 85.7. The SMILES string of the molecule is [CH2]CCNC(=O)NCCO. The van der Waals surface area contributed by atoms with E-state index in [1.165, 1.54) is 0 Å². The average molecular weight is 145 g/mol. The Morgan fingerprint density at radius 2 is 2.00 bits per heavy atom. The van der Waals surface area contributed by atoms with Crippen LogP contribution < -0.4 is 10.6 Å². The molecule has 2 amide bonds. The lowest BCUT2D eigenvalue weighted by atomic mass is 10.5. The highest BCUT2D eigenvalue weighted by Crippen LogP contribution is 1.69. The van der Waals surface area contributed by atoms with E-state index in [4.69, 9.17) is 5.11 Å². The molecule has 0 bridgehead atoms. The lowest BCUT2D eigenvalue weighted by Crippen LogP contribution is -2.37. The highest BCUT2D eigenvalue weighted by atomic mass is 16.3. The normalized spacial score (nSPS) is 9.00. The first-order valence-electron chi connectivity index (χ1n) is 3.23. The molecule has 0 aromatic heterocycles. The van der Waals surface area contributed by atoms with Gasteiger partial charge in [0.15, 0.2) is 0 Å². The molecule has 4 nitrogen and oxygen atoms in total. The molecule has 0 rings (SSSR count). The second kappa shape index (κ2) is 6.35. The second-order valence-corrected chi connectivity index (χ2v) is 1.76. The third-order valence-corrected chi connectivity index (χ3v) is 0.860. The molecule has 0 aliphatic heterocycles. The highest BCUT2D eigenvalue weighted by Gasteiger charge is 1.94. The van der Waals surface area contributed by atoms with Crippen LogP contribution in [0.15, 0.2) is 0 Å². The van der Waals surface area contributed by atoms with Gasteiger partial charge in [-0.1, -0.05) is 6.92 Å². The minimum absolute atomic E-state index is 0.0300. The van der Waals surface area contributed by atoms with Crippen molar-refractivity contribution < 1.29 is 9.90 Å². The van der Waals surface area contributed by atoms with Crippen LogP contribution >= 0.6 is 0 Å². The number of urea groups is 1. The molecule has 0 aromatic rings. The second-order valence-electron chi connectivity index (χ2n) is 1.76. The van der Waals surface area contributed by atoms with Crippen molar-refractivity contribution in [1.29, 1.82) is 0 Å². The summed E-state index contributed by atoms with van der Waals surface area (Å²) in [6.07, 6.45) is 0.673. The van der Waals surface area contributed by atoms with Crippen LogP contribution in [0.3, 0.4) is 0 Å². The standard InChI is InChI=1S/C6H13N2O2/c1-2-3-7-6(10)8-4-5-9/h9H,1-5H2,(H2,7,8,10). The topological polar surface area (TPSA) is 61.4 Å². The molecule has 3 N–H and O–H groups in total. The van der Waals surface area contributed by atoms with E-state index in [9.17, 15) is 4.79 Å². The molecule has 0 aliphatic carbocycles. The zero-order valence-electron chi connectivity index (χ0n) is 5.89. The highest BCUT2D eigenvalue weighted by molar-refractivity contribution is 5.73. The van der Waals surface area contributed by atoms with Gasteiger partial charge in [0.25, 0.3) is 0 Å². The maximum absolute atomic E-state index is 10.6. The molecule has 0 aliphatic rings. The number of hydrogen-bond donors (Lipinski definition) is 3. The van der Waals surface area contributed by atoms with Gasteiger partial charge in [-0.05, 0) is 6.42 Å². The third kappa shape index (κ3) is 5.37. The minimum atomic E-state index is -0.252. The summed E-state index contributed by atoms with van der Waals surface area (Å²) in [5.74, 6) is 0. The monoisotopic (exact) mass is 145 g/mol. The molecular weight excluding hydrogens is 132 g/mol. The van der Waals surface area contributed by atoms with Gasteiger partial charge in [0.1, 0.15) is 0 Å². The van der Waals surface area contributed by atoms with Crippen molar-refractivity contribution in [3.63, 3.8) is 0 Å². The average Bonchev–Trinajstić information content (AvgIpc) is 1.97. The number of hydrogen-bond acceptors (Lipinski definition) is 2. The molecule has 0 saturated heterocycles. The quantitative estimate of drug-likeness (QED) is 0.499. The molecule has 0 atom stereocenters. The smallest absolute Gasteiger partial charge is 0.314 e. The van der Waals surface area contributed by atoms with Gasteiger partial charge < -0.3 is 15.7 Å². The van der Waals surface area contributed by atoms with E-state index in [0.717, 1.165) is 0 Å². The minimum Gasteiger partial charge on any atom is -0.395 e. The van der Waals surface area contributed by atoms with Gasteiger partial charge >= 0.3 is 6.03 Å². The Kier molecular flexibility index (Phi) is 5.86. The fraction of sp³-hybridized carbons (Fsp3) is 0.667. The molecule has 10 heavy (non-hydrogen) atoms. The Morgan fingerprint density at radius 1 is 1.40 bits per heavy atom. The number of rotatable bonds is 4. The van der Waals surface area contributed by atoms with Crippen molar-refractivity contribution in [2.75, 3.05) is 19.7 Å². The van der Waals surface area contributed by atoms with E-state index in [2.05, 4.69) is 17.6 Å². The maximum Gasteiger partial charge on any atom is 0.314 e. The van der Waals surface area contributed by atoms with Gasteiger partial charge in [0.2, 0.25) is 0 Å². The predicted octanol–water partition coefficient (Wildman–Crippen LogP) is -0.498. The van der Waals surface area contributed by atoms with Crippen LogP contribution in [0.4, 0.5) is 4.79 Å². The van der Waals surface area contributed by atoms with Gasteiger partial charge in [-0.3, -0.25) is 0 Å². The van der Waals surface area contributed by atoms with Gasteiger partial charge in [0.05, 0.1) is 6.61 Å². The largest absolute Gasteiger partial charge is 0.395 e. The molecule has 1 radical (unpaired) electrons. The van der Waals surface area contributed by atoms with E-state index in [-0.39, 0.29) is 12.6 Å². The first-order chi connectivity index (χ1) is 4.81. The Balaban J connectivity index is 3.09. The van der Waals surface area contributed by atoms with Crippen LogP contribution in [0, 0.1) is 6.92 Å². The number of aliphatic hydroxyl groups is 1. The van der Waals surface area contributed by atoms with E-state index < -0.39 is 0 Å². The number of amides is 2. The van der Waals surface area contributed by atoms with Gasteiger partial charge in [0, 0.05) is 13.1 Å². The Morgan fingerprint density at radius 3 is 2.50 bits per heavy atom. The summed E-state index contributed by atoms with van der Waals surface area (Å²) in [6, 6.07) is -0.252. The molecule has 0 fully saturated rings. The lowest BCUT2D eigenvalue weighted by molar-refractivity contribution is 0.234. The van der Waals surface area contributed by atoms with Crippen molar-refractivity contribution >= 4 is 6.03 Å². The number of aliphatic hydroxyl groups excluding tert-OH is 1. The zero-order chi connectivity index (χ0) is 7.82. The molecule has 0 unspecified atom stereocenters. The third-order valence-electron chi connectivity index (χ3n) is 0.860. The van der Waals surface area contributed by atoms with Crippen molar-refractivity contribution in [3.8, 4) is 0 Å². The van der Waals surface area contributed by atoms with Gasteiger partial charge in [-0.2, -0.15) is 0 Å². The van der Waals surface area contributed by atoms with Crippen LogP contribution in [-0.4, -0.2) is 30.8 Å². The van der Waals surface area contributed by atoms with E-state index in [1.54, 1.807) is 0 Å². The first kappa shape index (κ1) is 9.23. The van der Waals surface area contributed by atoms with Crippen molar-refractivity contribution in [3.05, 3.63) is 6.92 Å². The van der Waals surface area contributed by atoms with Gasteiger partial charge in [-0.15, -0.1) is 0 Å². The number of carbonyl (C=O) groups is 1. The van der Waals surface area contributed by atoms with Gasteiger partial charge in [-0.25, -0.2) is 4.79 Å². The molecule has 0 aromatic carbocycles. The summed E-state index contributed by atoms with van der Waals surface area (Å²) in [5, 5.41) is 13.3. The van der Waals surface area contributed by atoms with E-state index in [0.29, 0.717) is 19.5 Å². The molecule has 0 spiro atoms. The molecule has 59 valence electrons. The van der Waals surface area contributed by atoms with Crippen LogP contribution in [-0.2, 0) is 0 Å². The van der Waals surface area contributed by atoms with Crippen molar-refractivity contribution in [1.82, 2.24) is 10.6 Å². The van der Waals surface area contributed by atoms with Crippen LogP contribution in [0.25, 0.3) is 0 Å². The molecule has 0 saturated carbocycles. The van der Waals surface area contributed by atoms with Crippen LogP contribution in [0.5, 0.6) is 0 Å². The predicted molar refractivity (Wildman–Crippen MR) is 38.5 cm³/mol.